The highest BCUT2D eigenvalue weighted by molar-refractivity contribution is 7.89. The first-order valence-electron chi connectivity index (χ1n) is 12.4. The van der Waals surface area contributed by atoms with Gasteiger partial charge in [0, 0.05) is 43.6 Å². The van der Waals surface area contributed by atoms with Gasteiger partial charge in [0.25, 0.3) is 0 Å². The topological polar surface area (TPSA) is 96.9 Å². The van der Waals surface area contributed by atoms with Crippen molar-refractivity contribution in [1.82, 2.24) is 13.6 Å². The van der Waals surface area contributed by atoms with Crippen LogP contribution in [0.5, 0.6) is 5.75 Å². The highest BCUT2D eigenvalue weighted by atomic mass is 35.5. The Morgan fingerprint density at radius 3 is 2.33 bits per heavy atom. The fourth-order valence-electron chi connectivity index (χ4n) is 4.94. The van der Waals surface area contributed by atoms with E-state index in [-0.39, 0.29) is 17.8 Å². The summed E-state index contributed by atoms with van der Waals surface area (Å²) in [7, 11) is -6.95. The molecular formula is C25H34ClN3O5S2. The molecule has 1 atom stereocenters. The number of benzene rings is 1. The van der Waals surface area contributed by atoms with E-state index in [0.717, 1.165) is 17.7 Å². The van der Waals surface area contributed by atoms with E-state index in [1.54, 1.807) is 54.8 Å². The van der Waals surface area contributed by atoms with Gasteiger partial charge in [0.05, 0.1) is 10.6 Å². The van der Waals surface area contributed by atoms with E-state index in [1.807, 2.05) is 0 Å². The molecule has 3 heterocycles. The summed E-state index contributed by atoms with van der Waals surface area (Å²) in [6, 6.07) is 6.93. The van der Waals surface area contributed by atoms with Crippen LogP contribution < -0.4 is 4.74 Å². The SMILES string of the molecule is Cc1cc(S(=O)(=O)N2CC[C@H](CCCS(=O)(=O)N3CCC(Oc4ccncc4)CC3)C2)c(C)cc1Cl. The van der Waals surface area contributed by atoms with Gasteiger partial charge in [0.2, 0.25) is 20.0 Å². The van der Waals surface area contributed by atoms with E-state index in [1.165, 1.54) is 4.31 Å². The minimum absolute atomic E-state index is 0.00154. The van der Waals surface area contributed by atoms with Gasteiger partial charge >= 0.3 is 0 Å². The van der Waals surface area contributed by atoms with Crippen molar-refractivity contribution in [1.29, 1.82) is 0 Å². The van der Waals surface area contributed by atoms with Crippen LogP contribution in [-0.4, -0.2) is 68.5 Å². The highest BCUT2D eigenvalue weighted by Crippen LogP contribution is 2.31. The molecule has 0 bridgehead atoms. The number of nitrogens with zero attached hydrogens (tertiary/aromatic N) is 3. The molecule has 198 valence electrons. The van der Waals surface area contributed by atoms with Crippen molar-refractivity contribution in [2.45, 2.75) is 57.0 Å². The lowest BCUT2D eigenvalue weighted by atomic mass is 10.0. The maximum atomic E-state index is 13.2. The number of aromatic nitrogens is 1. The van der Waals surface area contributed by atoms with E-state index in [0.29, 0.717) is 67.3 Å². The molecule has 2 aliphatic rings. The first-order chi connectivity index (χ1) is 17.1. The molecule has 36 heavy (non-hydrogen) atoms. The second-order valence-electron chi connectivity index (χ2n) is 9.74. The van der Waals surface area contributed by atoms with Crippen molar-refractivity contribution in [3.8, 4) is 5.75 Å². The molecule has 0 N–H and O–H groups in total. The number of hydrogen-bond acceptors (Lipinski definition) is 6. The molecule has 0 saturated carbocycles. The number of sulfonamides is 2. The summed E-state index contributed by atoms with van der Waals surface area (Å²) >= 11 is 6.14. The molecular weight excluding hydrogens is 522 g/mol. The van der Waals surface area contributed by atoms with Gasteiger partial charge in [-0.2, -0.15) is 4.31 Å². The van der Waals surface area contributed by atoms with Gasteiger partial charge in [-0.15, -0.1) is 0 Å². The average molecular weight is 556 g/mol. The first-order valence-corrected chi connectivity index (χ1v) is 15.8. The largest absolute Gasteiger partial charge is 0.490 e. The van der Waals surface area contributed by atoms with E-state index in [2.05, 4.69) is 4.98 Å². The maximum Gasteiger partial charge on any atom is 0.243 e. The van der Waals surface area contributed by atoms with E-state index >= 15 is 0 Å². The molecule has 0 radical (unpaired) electrons. The van der Waals surface area contributed by atoms with Crippen LogP contribution in [0.3, 0.4) is 0 Å². The third-order valence-corrected chi connectivity index (χ3v) is 11.5. The summed E-state index contributed by atoms with van der Waals surface area (Å²) in [6.07, 6.45) is 6.60. The molecule has 1 aromatic heterocycles. The summed E-state index contributed by atoms with van der Waals surface area (Å²) in [6.45, 7) is 5.32. The molecule has 4 rings (SSSR count). The second kappa shape index (κ2) is 11.3. The van der Waals surface area contributed by atoms with Gasteiger partial charge in [-0.3, -0.25) is 4.98 Å². The number of aryl methyl sites for hydroxylation is 2. The molecule has 8 nitrogen and oxygen atoms in total. The Morgan fingerprint density at radius 2 is 1.64 bits per heavy atom. The van der Waals surface area contributed by atoms with Crippen molar-refractivity contribution in [3.63, 3.8) is 0 Å². The van der Waals surface area contributed by atoms with E-state index in [9.17, 15) is 16.8 Å². The van der Waals surface area contributed by atoms with E-state index in [4.69, 9.17) is 16.3 Å². The van der Waals surface area contributed by atoms with Crippen molar-refractivity contribution >= 4 is 31.6 Å². The van der Waals surface area contributed by atoms with Crippen LogP contribution in [0.25, 0.3) is 0 Å². The molecule has 2 fully saturated rings. The number of hydrogen-bond donors (Lipinski definition) is 0. The van der Waals surface area contributed by atoms with Gasteiger partial charge < -0.3 is 4.74 Å². The van der Waals surface area contributed by atoms with Crippen LogP contribution in [0.15, 0.2) is 41.6 Å². The predicted molar refractivity (Wildman–Crippen MR) is 140 cm³/mol. The molecule has 11 heteroatoms. The number of piperidine rings is 1. The van der Waals surface area contributed by atoms with Crippen molar-refractivity contribution < 1.29 is 21.6 Å². The monoisotopic (exact) mass is 555 g/mol. The third-order valence-electron chi connectivity index (χ3n) is 7.08. The predicted octanol–water partition coefficient (Wildman–Crippen LogP) is 4.02. The third kappa shape index (κ3) is 6.39. The molecule has 1 aromatic carbocycles. The Hall–Kier alpha value is -1.72. The summed E-state index contributed by atoms with van der Waals surface area (Å²) in [4.78, 5) is 4.27. The summed E-state index contributed by atoms with van der Waals surface area (Å²) in [5.41, 5.74) is 1.37. The van der Waals surface area contributed by atoms with E-state index < -0.39 is 20.0 Å². The molecule has 2 saturated heterocycles. The minimum atomic E-state index is -3.61. The van der Waals surface area contributed by atoms with Crippen molar-refractivity contribution in [2.24, 2.45) is 5.92 Å². The maximum absolute atomic E-state index is 13.2. The smallest absolute Gasteiger partial charge is 0.243 e. The van der Waals surface area contributed by atoms with Gasteiger partial charge in [-0.25, -0.2) is 21.1 Å². The number of rotatable bonds is 9. The van der Waals surface area contributed by atoms with Gasteiger partial charge in [-0.1, -0.05) is 11.6 Å². The lowest BCUT2D eigenvalue weighted by Gasteiger charge is -2.31. The lowest BCUT2D eigenvalue weighted by molar-refractivity contribution is 0.135. The zero-order chi connectivity index (χ0) is 25.9. The fourth-order valence-corrected chi connectivity index (χ4v) is 8.54. The molecule has 0 aliphatic carbocycles. The first kappa shape index (κ1) is 27.3. The Bertz CT molecular complexity index is 1260. The summed E-state index contributed by atoms with van der Waals surface area (Å²) < 4.78 is 61.2. The van der Waals surface area contributed by atoms with Crippen molar-refractivity contribution in [3.05, 3.63) is 52.8 Å². The summed E-state index contributed by atoms with van der Waals surface area (Å²) in [5.74, 6) is 0.991. The van der Waals surface area contributed by atoms with Gasteiger partial charge in [-0.05, 0) is 87.3 Å². The van der Waals surface area contributed by atoms with Crippen LogP contribution in [0.1, 0.15) is 43.2 Å². The van der Waals surface area contributed by atoms with Gasteiger partial charge in [0.15, 0.2) is 0 Å². The Balaban J connectivity index is 1.24. The molecule has 0 amide bonds. The summed E-state index contributed by atoms with van der Waals surface area (Å²) in [5, 5.41) is 0.553. The molecule has 0 unspecified atom stereocenters. The van der Waals surface area contributed by atoms with Crippen LogP contribution in [0.2, 0.25) is 5.02 Å². The number of pyridine rings is 1. The fraction of sp³-hybridized carbons (Fsp3) is 0.560. The zero-order valence-corrected chi connectivity index (χ0v) is 23.2. The van der Waals surface area contributed by atoms with Crippen molar-refractivity contribution in [2.75, 3.05) is 31.9 Å². The van der Waals surface area contributed by atoms with Crippen LogP contribution in [0, 0.1) is 19.8 Å². The molecule has 2 aliphatic heterocycles. The number of halogens is 1. The average Bonchev–Trinajstić information content (AvgIpc) is 3.32. The number of ether oxygens (including phenoxy) is 1. The Labute approximate surface area is 219 Å². The normalized spacial score (nSPS) is 20.6. The lowest BCUT2D eigenvalue weighted by Crippen LogP contribution is -2.42. The molecule has 0 spiro atoms. The quantitative estimate of drug-likeness (QED) is 0.464. The standard InChI is InChI=1S/C25H34ClN3O5S2/c1-19-17-25(20(2)16-24(19)26)36(32,33)29-12-7-21(18-29)4-3-15-35(30,31)28-13-8-23(9-14-28)34-22-5-10-27-11-6-22/h5-6,10-11,16-17,21,23H,3-4,7-9,12-15,18H2,1-2H3/t21-/m0/s1. The Morgan fingerprint density at radius 1 is 0.972 bits per heavy atom. The van der Waals surface area contributed by atoms with Gasteiger partial charge in [0.1, 0.15) is 11.9 Å². The second-order valence-corrected chi connectivity index (χ2v) is 14.1. The highest BCUT2D eigenvalue weighted by Gasteiger charge is 2.34. The minimum Gasteiger partial charge on any atom is -0.490 e. The molecule has 2 aromatic rings. The van der Waals surface area contributed by atoms with Crippen LogP contribution in [-0.2, 0) is 20.0 Å². The Kier molecular flexibility index (Phi) is 8.61. The van der Waals surface area contributed by atoms with Crippen LogP contribution >= 0.6 is 11.6 Å². The zero-order valence-electron chi connectivity index (χ0n) is 20.8. The van der Waals surface area contributed by atoms with Crippen LogP contribution in [0.4, 0.5) is 0 Å².